The second kappa shape index (κ2) is 6.88. The molecule has 3 heteroatoms. The third-order valence-corrected chi connectivity index (χ3v) is 5.45. The Kier molecular flexibility index (Phi) is 6.09. The van der Waals surface area contributed by atoms with Crippen LogP contribution in [0.4, 0.5) is 0 Å². The van der Waals surface area contributed by atoms with Crippen LogP contribution in [0.3, 0.4) is 0 Å². The van der Waals surface area contributed by atoms with Crippen molar-refractivity contribution in [3.8, 4) is 0 Å². The van der Waals surface area contributed by atoms with Gasteiger partial charge in [0.25, 0.3) is 0 Å². The van der Waals surface area contributed by atoms with Gasteiger partial charge in [0.05, 0.1) is 12.1 Å². The minimum atomic E-state index is 0.0579. The first-order valence-electron chi connectivity index (χ1n) is 7.56. The minimum absolute atomic E-state index is 0.0579. The SMILES string of the molecule is CCC1(CC)CCN(C(CC)(CN)COC)CC1. The summed E-state index contributed by atoms with van der Waals surface area (Å²) >= 11 is 0. The van der Waals surface area contributed by atoms with Gasteiger partial charge in [-0.25, -0.2) is 0 Å². The van der Waals surface area contributed by atoms with Crippen molar-refractivity contribution in [3.05, 3.63) is 0 Å². The lowest BCUT2D eigenvalue weighted by Gasteiger charge is -2.49. The van der Waals surface area contributed by atoms with Gasteiger partial charge in [-0.15, -0.1) is 0 Å². The van der Waals surface area contributed by atoms with Gasteiger partial charge in [0, 0.05) is 13.7 Å². The average Bonchev–Trinajstić information content (AvgIpc) is 2.45. The van der Waals surface area contributed by atoms with E-state index in [1.165, 1.54) is 38.8 Å². The molecule has 0 aromatic carbocycles. The maximum atomic E-state index is 6.05. The summed E-state index contributed by atoms with van der Waals surface area (Å²) in [4.78, 5) is 2.58. The Hall–Kier alpha value is -0.120. The molecule has 0 aromatic heterocycles. The first-order chi connectivity index (χ1) is 8.62. The van der Waals surface area contributed by atoms with Crippen LogP contribution in [0.2, 0.25) is 0 Å². The molecule has 2 N–H and O–H groups in total. The van der Waals surface area contributed by atoms with Gasteiger partial charge >= 0.3 is 0 Å². The highest BCUT2D eigenvalue weighted by Crippen LogP contribution is 2.40. The lowest BCUT2D eigenvalue weighted by molar-refractivity contribution is -0.0274. The highest BCUT2D eigenvalue weighted by Gasteiger charge is 2.39. The molecule has 1 aliphatic heterocycles. The fourth-order valence-electron chi connectivity index (χ4n) is 3.43. The van der Waals surface area contributed by atoms with Gasteiger partial charge in [0.15, 0.2) is 0 Å². The molecule has 1 saturated heterocycles. The maximum Gasteiger partial charge on any atom is 0.0658 e. The molecule has 0 aromatic rings. The van der Waals surface area contributed by atoms with Gasteiger partial charge < -0.3 is 10.5 Å². The van der Waals surface area contributed by atoms with Gasteiger partial charge in [-0.2, -0.15) is 0 Å². The van der Waals surface area contributed by atoms with Crippen LogP contribution in [-0.2, 0) is 4.74 Å². The number of likely N-dealkylation sites (tertiary alicyclic amines) is 1. The molecule has 0 saturated carbocycles. The van der Waals surface area contributed by atoms with Crippen LogP contribution in [0.1, 0.15) is 52.9 Å². The molecule has 0 spiro atoms. The number of piperidine rings is 1. The zero-order valence-corrected chi connectivity index (χ0v) is 12.8. The quantitative estimate of drug-likeness (QED) is 0.761. The first kappa shape index (κ1) is 15.9. The maximum absolute atomic E-state index is 6.05. The summed E-state index contributed by atoms with van der Waals surface area (Å²) in [5.74, 6) is 0. The predicted molar refractivity (Wildman–Crippen MR) is 77.8 cm³/mol. The Morgan fingerprint density at radius 1 is 1.17 bits per heavy atom. The molecule has 1 atom stereocenters. The summed E-state index contributed by atoms with van der Waals surface area (Å²) < 4.78 is 5.43. The second-order valence-electron chi connectivity index (χ2n) is 5.91. The van der Waals surface area contributed by atoms with E-state index in [0.29, 0.717) is 12.0 Å². The molecule has 18 heavy (non-hydrogen) atoms. The van der Waals surface area contributed by atoms with Crippen LogP contribution in [0.5, 0.6) is 0 Å². The predicted octanol–water partition coefficient (Wildman–Crippen LogP) is 2.64. The van der Waals surface area contributed by atoms with Crippen molar-refractivity contribution >= 4 is 0 Å². The van der Waals surface area contributed by atoms with Crippen molar-refractivity contribution in [2.45, 2.75) is 58.4 Å². The van der Waals surface area contributed by atoms with E-state index in [9.17, 15) is 0 Å². The van der Waals surface area contributed by atoms with Crippen LogP contribution in [-0.4, -0.2) is 43.8 Å². The van der Waals surface area contributed by atoms with E-state index in [-0.39, 0.29) is 5.54 Å². The lowest BCUT2D eigenvalue weighted by atomic mass is 9.73. The number of hydrogen-bond acceptors (Lipinski definition) is 3. The largest absolute Gasteiger partial charge is 0.383 e. The standard InChI is InChI=1S/C15H32N2O/c1-5-14(6-2)8-10-17(11-9-14)15(7-3,12-16)13-18-4/h5-13,16H2,1-4H3. The number of methoxy groups -OCH3 is 1. The highest BCUT2D eigenvalue weighted by atomic mass is 16.5. The number of rotatable bonds is 7. The summed E-state index contributed by atoms with van der Waals surface area (Å²) in [7, 11) is 1.78. The molecule has 108 valence electrons. The van der Waals surface area contributed by atoms with E-state index in [1.54, 1.807) is 7.11 Å². The third kappa shape index (κ3) is 3.06. The zero-order chi connectivity index (χ0) is 13.6. The fourth-order valence-corrected chi connectivity index (χ4v) is 3.43. The van der Waals surface area contributed by atoms with Crippen molar-refractivity contribution in [1.82, 2.24) is 4.90 Å². The van der Waals surface area contributed by atoms with Crippen molar-refractivity contribution in [3.63, 3.8) is 0 Å². The smallest absolute Gasteiger partial charge is 0.0658 e. The fraction of sp³-hybridized carbons (Fsp3) is 1.00. The zero-order valence-electron chi connectivity index (χ0n) is 12.8. The van der Waals surface area contributed by atoms with Crippen LogP contribution < -0.4 is 5.73 Å². The normalized spacial score (nSPS) is 23.8. The van der Waals surface area contributed by atoms with E-state index in [2.05, 4.69) is 25.7 Å². The second-order valence-corrected chi connectivity index (χ2v) is 5.91. The van der Waals surface area contributed by atoms with Crippen LogP contribution in [0, 0.1) is 5.41 Å². The van der Waals surface area contributed by atoms with Crippen molar-refractivity contribution < 1.29 is 4.74 Å². The lowest BCUT2D eigenvalue weighted by Crippen LogP contribution is -2.59. The molecule has 0 aliphatic carbocycles. The number of ether oxygens (including phenoxy) is 1. The van der Waals surface area contributed by atoms with Gasteiger partial charge in [0.2, 0.25) is 0 Å². The summed E-state index contributed by atoms with van der Waals surface area (Å²) in [6.07, 6.45) is 6.31. The van der Waals surface area contributed by atoms with Crippen LogP contribution in [0.25, 0.3) is 0 Å². The molecular formula is C15H32N2O. The number of hydrogen-bond donors (Lipinski definition) is 1. The molecule has 0 amide bonds. The van der Waals surface area contributed by atoms with Crippen LogP contribution in [0.15, 0.2) is 0 Å². The van der Waals surface area contributed by atoms with Crippen LogP contribution >= 0.6 is 0 Å². The first-order valence-corrected chi connectivity index (χ1v) is 7.56. The van der Waals surface area contributed by atoms with E-state index in [1.807, 2.05) is 0 Å². The van der Waals surface area contributed by atoms with E-state index in [0.717, 1.165) is 13.0 Å². The average molecular weight is 256 g/mol. The number of nitrogens with zero attached hydrogens (tertiary/aromatic N) is 1. The summed E-state index contributed by atoms with van der Waals surface area (Å²) in [6.45, 7) is 10.7. The Morgan fingerprint density at radius 2 is 1.72 bits per heavy atom. The Balaban J connectivity index is 2.69. The monoisotopic (exact) mass is 256 g/mol. The topological polar surface area (TPSA) is 38.5 Å². The van der Waals surface area contributed by atoms with Gasteiger partial charge in [0.1, 0.15) is 0 Å². The van der Waals surface area contributed by atoms with Gasteiger partial charge in [-0.1, -0.05) is 33.6 Å². The molecule has 1 heterocycles. The van der Waals surface area contributed by atoms with E-state index < -0.39 is 0 Å². The summed E-state index contributed by atoms with van der Waals surface area (Å²) in [5, 5.41) is 0. The summed E-state index contributed by atoms with van der Waals surface area (Å²) in [5.41, 5.74) is 6.69. The van der Waals surface area contributed by atoms with Gasteiger partial charge in [-0.05, 0) is 37.8 Å². The van der Waals surface area contributed by atoms with E-state index >= 15 is 0 Å². The Bertz CT molecular complexity index is 225. The van der Waals surface area contributed by atoms with Crippen molar-refractivity contribution in [1.29, 1.82) is 0 Å². The highest BCUT2D eigenvalue weighted by molar-refractivity contribution is 4.95. The molecule has 1 fully saturated rings. The minimum Gasteiger partial charge on any atom is -0.383 e. The Morgan fingerprint density at radius 3 is 2.06 bits per heavy atom. The molecule has 1 unspecified atom stereocenters. The third-order valence-electron chi connectivity index (χ3n) is 5.45. The molecular weight excluding hydrogens is 224 g/mol. The number of nitrogens with two attached hydrogens (primary N) is 1. The molecule has 0 bridgehead atoms. The summed E-state index contributed by atoms with van der Waals surface area (Å²) in [6, 6.07) is 0. The molecule has 1 aliphatic rings. The molecule has 1 rings (SSSR count). The molecule has 3 nitrogen and oxygen atoms in total. The Labute approximate surface area is 113 Å². The van der Waals surface area contributed by atoms with Crippen molar-refractivity contribution in [2.24, 2.45) is 11.1 Å². The van der Waals surface area contributed by atoms with Crippen molar-refractivity contribution in [2.75, 3.05) is 33.4 Å². The van der Waals surface area contributed by atoms with E-state index in [4.69, 9.17) is 10.5 Å². The molecule has 0 radical (unpaired) electrons. The van der Waals surface area contributed by atoms with Gasteiger partial charge in [-0.3, -0.25) is 4.90 Å².